The van der Waals surface area contributed by atoms with E-state index < -0.39 is 0 Å². The molecule has 2 fully saturated rings. The second-order valence-corrected chi connectivity index (χ2v) is 6.16. The summed E-state index contributed by atoms with van der Waals surface area (Å²) >= 11 is 1.90. The van der Waals surface area contributed by atoms with Crippen LogP contribution < -0.4 is 5.32 Å². The van der Waals surface area contributed by atoms with Gasteiger partial charge < -0.3 is 5.32 Å². The van der Waals surface area contributed by atoms with Crippen molar-refractivity contribution in [3.8, 4) is 0 Å². The Morgan fingerprint density at radius 3 is 3.06 bits per heavy atom. The molecule has 18 heavy (non-hydrogen) atoms. The molecule has 3 rings (SSSR count). The molecule has 1 saturated heterocycles. The van der Waals surface area contributed by atoms with Gasteiger partial charge in [0, 0.05) is 30.2 Å². The average Bonchev–Trinajstić information content (AvgIpc) is 3.02. The maximum absolute atomic E-state index is 4.68. The van der Waals surface area contributed by atoms with Crippen LogP contribution in [-0.2, 0) is 6.42 Å². The average molecular weight is 261 g/mol. The van der Waals surface area contributed by atoms with Gasteiger partial charge in [0.2, 0.25) is 0 Å². The summed E-state index contributed by atoms with van der Waals surface area (Å²) in [5, 5.41) is 4.80. The monoisotopic (exact) mass is 261 g/mol. The van der Waals surface area contributed by atoms with Crippen molar-refractivity contribution in [1.29, 1.82) is 0 Å². The maximum atomic E-state index is 4.68. The number of amidine groups is 1. The zero-order valence-electron chi connectivity index (χ0n) is 10.6. The minimum Gasteiger partial charge on any atom is -0.359 e. The van der Waals surface area contributed by atoms with Gasteiger partial charge in [0.25, 0.3) is 0 Å². The summed E-state index contributed by atoms with van der Waals surface area (Å²) in [4.78, 5) is 8.80. The molecular weight excluding hydrogens is 242 g/mol. The minimum atomic E-state index is 0.387. The van der Waals surface area contributed by atoms with Crippen molar-refractivity contribution in [3.63, 3.8) is 0 Å². The Kier molecular flexibility index (Phi) is 3.55. The zero-order valence-corrected chi connectivity index (χ0v) is 11.4. The van der Waals surface area contributed by atoms with E-state index in [2.05, 4.69) is 21.4 Å². The molecule has 2 aliphatic rings. The topological polar surface area (TPSA) is 37.3 Å². The van der Waals surface area contributed by atoms with Crippen molar-refractivity contribution < 1.29 is 0 Å². The number of hydrogen-bond donors (Lipinski definition) is 1. The van der Waals surface area contributed by atoms with E-state index in [1.807, 2.05) is 30.2 Å². The Balaban J connectivity index is 1.52. The van der Waals surface area contributed by atoms with E-state index in [4.69, 9.17) is 0 Å². The molecule has 1 aromatic rings. The standard InChI is InChI=1S/C14H19N3S/c1-2-7-14(6-1)11-18-13(17-14)16-9-5-12-4-3-8-15-10-12/h3-4,8,10H,1-2,5-7,9,11H2,(H,16,17). The van der Waals surface area contributed by atoms with E-state index in [1.165, 1.54) is 37.0 Å². The highest BCUT2D eigenvalue weighted by molar-refractivity contribution is 8.14. The van der Waals surface area contributed by atoms with Crippen LogP contribution in [0.2, 0.25) is 0 Å². The summed E-state index contributed by atoms with van der Waals surface area (Å²) in [6.45, 7) is 0.858. The number of pyridine rings is 1. The third kappa shape index (κ3) is 2.69. The lowest BCUT2D eigenvalue weighted by Crippen LogP contribution is -2.40. The van der Waals surface area contributed by atoms with E-state index in [0.29, 0.717) is 5.54 Å². The lowest BCUT2D eigenvalue weighted by Gasteiger charge is -2.21. The Bertz CT molecular complexity index is 424. The Hall–Kier alpha value is -1.03. The van der Waals surface area contributed by atoms with E-state index >= 15 is 0 Å². The first-order chi connectivity index (χ1) is 8.86. The van der Waals surface area contributed by atoms with Crippen molar-refractivity contribution in [3.05, 3.63) is 30.1 Å². The number of nitrogens with one attached hydrogen (secondary N) is 1. The molecule has 1 saturated carbocycles. The lowest BCUT2D eigenvalue weighted by molar-refractivity contribution is 0.452. The van der Waals surface area contributed by atoms with E-state index in [1.54, 1.807) is 0 Å². The number of rotatable bonds is 3. The van der Waals surface area contributed by atoms with Gasteiger partial charge in [0.1, 0.15) is 0 Å². The molecule has 0 unspecified atom stereocenters. The molecule has 0 aromatic carbocycles. The molecule has 0 bridgehead atoms. The van der Waals surface area contributed by atoms with Gasteiger partial charge in [-0.25, -0.2) is 0 Å². The van der Waals surface area contributed by atoms with Crippen LogP contribution in [0.5, 0.6) is 0 Å². The van der Waals surface area contributed by atoms with Crippen molar-refractivity contribution in [2.24, 2.45) is 4.99 Å². The first-order valence-corrected chi connectivity index (χ1v) is 7.69. The third-order valence-electron chi connectivity index (χ3n) is 3.80. The van der Waals surface area contributed by atoms with E-state index in [9.17, 15) is 0 Å². The van der Waals surface area contributed by atoms with Gasteiger partial charge in [-0.2, -0.15) is 0 Å². The van der Waals surface area contributed by atoms with Gasteiger partial charge >= 0.3 is 0 Å². The zero-order chi connectivity index (χ0) is 12.3. The molecule has 2 heterocycles. The van der Waals surface area contributed by atoms with Crippen LogP contribution in [0.1, 0.15) is 31.2 Å². The Morgan fingerprint density at radius 1 is 1.39 bits per heavy atom. The van der Waals surface area contributed by atoms with Gasteiger partial charge in [-0.3, -0.25) is 9.98 Å². The SMILES string of the molecule is c1cncc(CCN=C2NC3(CCCC3)CS2)c1. The van der Waals surface area contributed by atoms with Crippen LogP contribution in [0.3, 0.4) is 0 Å². The van der Waals surface area contributed by atoms with E-state index in [-0.39, 0.29) is 0 Å². The van der Waals surface area contributed by atoms with Gasteiger partial charge in [-0.15, -0.1) is 0 Å². The number of thioether (sulfide) groups is 1. The summed E-state index contributed by atoms with van der Waals surface area (Å²) in [6.07, 6.45) is 10.1. The van der Waals surface area contributed by atoms with Crippen LogP contribution in [0.25, 0.3) is 0 Å². The molecular formula is C14H19N3S. The van der Waals surface area contributed by atoms with Crippen LogP contribution in [0, 0.1) is 0 Å². The predicted octanol–water partition coefficient (Wildman–Crippen LogP) is 2.63. The molecule has 0 atom stereocenters. The lowest BCUT2D eigenvalue weighted by atomic mass is 10.0. The maximum Gasteiger partial charge on any atom is 0.157 e. The normalized spacial score (nSPS) is 23.7. The summed E-state index contributed by atoms with van der Waals surface area (Å²) in [5.41, 5.74) is 1.65. The highest BCUT2D eigenvalue weighted by Crippen LogP contribution is 2.37. The fraction of sp³-hybridized carbons (Fsp3) is 0.571. The molecule has 1 N–H and O–H groups in total. The molecule has 1 aromatic heterocycles. The molecule has 0 amide bonds. The summed E-state index contributed by atoms with van der Waals surface area (Å²) in [6, 6.07) is 4.10. The van der Waals surface area contributed by atoms with Gasteiger partial charge in [-0.1, -0.05) is 30.7 Å². The molecule has 1 aliphatic carbocycles. The third-order valence-corrected chi connectivity index (χ3v) is 5.00. The van der Waals surface area contributed by atoms with Crippen LogP contribution in [-0.4, -0.2) is 28.0 Å². The van der Waals surface area contributed by atoms with Gasteiger partial charge in [0.15, 0.2) is 5.17 Å². The van der Waals surface area contributed by atoms with Crippen molar-refractivity contribution >= 4 is 16.9 Å². The van der Waals surface area contributed by atoms with Crippen molar-refractivity contribution in [2.75, 3.05) is 12.3 Å². The van der Waals surface area contributed by atoms with Gasteiger partial charge in [-0.05, 0) is 30.9 Å². The highest BCUT2D eigenvalue weighted by Gasteiger charge is 2.39. The number of nitrogens with zero attached hydrogens (tertiary/aromatic N) is 2. The molecule has 0 radical (unpaired) electrons. The second kappa shape index (κ2) is 5.31. The van der Waals surface area contributed by atoms with Crippen molar-refractivity contribution in [1.82, 2.24) is 10.3 Å². The van der Waals surface area contributed by atoms with Crippen LogP contribution in [0.15, 0.2) is 29.5 Å². The van der Waals surface area contributed by atoms with Gasteiger partial charge in [0.05, 0.1) is 0 Å². The number of hydrogen-bond acceptors (Lipinski definition) is 3. The summed E-state index contributed by atoms with van der Waals surface area (Å²) < 4.78 is 0. The summed E-state index contributed by atoms with van der Waals surface area (Å²) in [7, 11) is 0. The van der Waals surface area contributed by atoms with Crippen molar-refractivity contribution in [2.45, 2.75) is 37.6 Å². The fourth-order valence-electron chi connectivity index (χ4n) is 2.74. The van der Waals surface area contributed by atoms with Crippen LogP contribution >= 0.6 is 11.8 Å². The Morgan fingerprint density at radius 2 is 2.28 bits per heavy atom. The minimum absolute atomic E-state index is 0.387. The fourth-order valence-corrected chi connectivity index (χ4v) is 3.99. The quantitative estimate of drug-likeness (QED) is 0.909. The van der Waals surface area contributed by atoms with Crippen LogP contribution in [0.4, 0.5) is 0 Å². The molecule has 1 aliphatic heterocycles. The van der Waals surface area contributed by atoms with E-state index in [0.717, 1.165) is 18.1 Å². The molecule has 3 nitrogen and oxygen atoms in total. The number of aromatic nitrogens is 1. The number of aliphatic imine (C=N–C) groups is 1. The summed E-state index contributed by atoms with van der Waals surface area (Å²) in [5.74, 6) is 1.21. The first-order valence-electron chi connectivity index (χ1n) is 6.71. The first kappa shape index (κ1) is 12.0. The molecule has 96 valence electrons. The molecule has 4 heteroatoms. The second-order valence-electron chi connectivity index (χ2n) is 5.20. The predicted molar refractivity (Wildman–Crippen MR) is 77.0 cm³/mol. The Labute approximate surface area is 112 Å². The smallest absolute Gasteiger partial charge is 0.157 e. The molecule has 1 spiro atoms. The largest absolute Gasteiger partial charge is 0.359 e. The highest BCUT2D eigenvalue weighted by atomic mass is 32.2.